The Hall–Kier alpha value is -2.99. The van der Waals surface area contributed by atoms with Crippen molar-refractivity contribution in [3.05, 3.63) is 117 Å². The summed E-state index contributed by atoms with van der Waals surface area (Å²) in [4.78, 5) is 28.6. The maximum absolute atomic E-state index is 13.6. The molecule has 3 nitrogen and oxygen atoms in total. The smallest absolute Gasteiger partial charge is 0.238 e. The van der Waals surface area contributed by atoms with E-state index in [0.717, 1.165) is 20.3 Å². The number of imide groups is 1. The molecule has 2 fully saturated rings. The molecule has 4 heteroatoms. The monoisotopic (exact) mass is 529 g/mol. The quantitative estimate of drug-likeness (QED) is 0.248. The minimum Gasteiger partial charge on any atom is -0.274 e. The number of hydrogen-bond acceptors (Lipinski definition) is 2. The molecular formula is C28H20INO2. The summed E-state index contributed by atoms with van der Waals surface area (Å²) in [6.45, 7) is 0. The zero-order valence-electron chi connectivity index (χ0n) is 17.2. The zero-order valence-corrected chi connectivity index (χ0v) is 19.3. The summed E-state index contributed by atoms with van der Waals surface area (Å²) in [5.41, 5.74) is 5.30. The van der Waals surface area contributed by atoms with Gasteiger partial charge < -0.3 is 0 Å². The summed E-state index contributed by atoms with van der Waals surface area (Å²) < 4.78 is 1.01. The molecule has 2 aliphatic carbocycles. The van der Waals surface area contributed by atoms with E-state index in [1.807, 2.05) is 60.7 Å². The maximum atomic E-state index is 13.6. The first-order valence-electron chi connectivity index (χ1n) is 10.8. The predicted octanol–water partition coefficient (Wildman–Crippen LogP) is 5.71. The lowest BCUT2D eigenvalue weighted by molar-refractivity contribution is -0.122. The molecule has 3 aromatic carbocycles. The molecule has 3 aromatic rings. The van der Waals surface area contributed by atoms with Gasteiger partial charge in [-0.25, -0.2) is 4.90 Å². The average Bonchev–Trinajstić information content (AvgIpc) is 3.45. The molecule has 1 heterocycles. The average molecular weight is 529 g/mol. The number of allylic oxidation sites excluding steroid dienone is 3. The largest absolute Gasteiger partial charge is 0.274 e. The number of rotatable bonds is 3. The van der Waals surface area contributed by atoms with Crippen molar-refractivity contribution in [3.63, 3.8) is 0 Å². The third-order valence-corrected chi connectivity index (χ3v) is 7.57. The van der Waals surface area contributed by atoms with Crippen molar-refractivity contribution in [2.75, 3.05) is 4.90 Å². The molecule has 0 unspecified atom stereocenters. The van der Waals surface area contributed by atoms with Crippen molar-refractivity contribution in [3.8, 4) is 0 Å². The van der Waals surface area contributed by atoms with E-state index in [-0.39, 0.29) is 35.5 Å². The summed E-state index contributed by atoms with van der Waals surface area (Å²) in [6, 6.07) is 28.3. The SMILES string of the molecule is O=C1[C@@H]2[C@@H](C(=O)N1c1cccc(I)c1)[C@H]1C=C[C@H]2C1=C(c1ccccc1)c1ccccc1. The van der Waals surface area contributed by atoms with Crippen molar-refractivity contribution in [2.45, 2.75) is 0 Å². The van der Waals surface area contributed by atoms with E-state index in [2.05, 4.69) is 59.0 Å². The maximum Gasteiger partial charge on any atom is 0.238 e. The lowest BCUT2D eigenvalue weighted by Gasteiger charge is -2.21. The predicted molar refractivity (Wildman–Crippen MR) is 134 cm³/mol. The normalized spacial score (nSPS) is 25.5. The molecule has 3 aliphatic rings. The zero-order chi connectivity index (χ0) is 21.8. The van der Waals surface area contributed by atoms with Crippen LogP contribution in [0.2, 0.25) is 0 Å². The summed E-state index contributed by atoms with van der Waals surface area (Å²) in [6.07, 6.45) is 4.30. The van der Waals surface area contributed by atoms with Crippen LogP contribution in [0.15, 0.2) is 103 Å². The highest BCUT2D eigenvalue weighted by Crippen LogP contribution is 2.58. The van der Waals surface area contributed by atoms with Crippen LogP contribution in [-0.4, -0.2) is 11.8 Å². The summed E-state index contributed by atoms with van der Waals surface area (Å²) >= 11 is 2.22. The standard InChI is InChI=1S/C28H20INO2/c29-19-12-7-13-20(16-19)30-27(31)25-21-14-15-22(26(25)28(30)32)24(21)23(17-8-3-1-4-9-17)18-10-5-2-6-11-18/h1-16,21-22,25-26H/t21-,22-,25-,26-/m0/s1. The number of benzene rings is 3. The highest BCUT2D eigenvalue weighted by atomic mass is 127. The van der Waals surface area contributed by atoms with Gasteiger partial charge in [0.05, 0.1) is 17.5 Å². The fourth-order valence-corrected chi connectivity index (χ4v) is 6.20. The third kappa shape index (κ3) is 2.85. The minimum atomic E-state index is -0.326. The van der Waals surface area contributed by atoms with Crippen LogP contribution in [0.25, 0.3) is 5.57 Å². The Balaban J connectivity index is 1.49. The number of hydrogen-bond donors (Lipinski definition) is 0. The van der Waals surface area contributed by atoms with Crippen LogP contribution < -0.4 is 4.90 Å². The second-order valence-electron chi connectivity index (χ2n) is 8.54. The Morgan fingerprint density at radius 2 is 1.22 bits per heavy atom. The fourth-order valence-electron chi connectivity index (χ4n) is 5.68. The highest BCUT2D eigenvalue weighted by Gasteiger charge is 2.62. The molecule has 0 aromatic heterocycles. The van der Waals surface area contributed by atoms with Crippen molar-refractivity contribution in [2.24, 2.45) is 23.7 Å². The fraction of sp³-hybridized carbons (Fsp3) is 0.143. The Bertz CT molecular complexity index is 1220. The van der Waals surface area contributed by atoms with E-state index in [1.165, 1.54) is 10.5 Å². The van der Waals surface area contributed by atoms with Crippen LogP contribution >= 0.6 is 22.6 Å². The molecule has 0 N–H and O–H groups in total. The Morgan fingerprint density at radius 1 is 0.688 bits per heavy atom. The first-order chi connectivity index (χ1) is 15.6. The van der Waals surface area contributed by atoms with Crippen LogP contribution in [0.3, 0.4) is 0 Å². The molecule has 6 rings (SSSR count). The Labute approximate surface area is 200 Å². The number of halogens is 1. The highest BCUT2D eigenvalue weighted by molar-refractivity contribution is 14.1. The second kappa shape index (κ2) is 7.55. The van der Waals surface area contributed by atoms with Crippen LogP contribution in [0, 0.1) is 27.2 Å². The lowest BCUT2D eigenvalue weighted by atomic mass is 9.85. The van der Waals surface area contributed by atoms with Gasteiger partial charge in [-0.3, -0.25) is 9.59 Å². The molecule has 1 saturated carbocycles. The molecule has 0 spiro atoms. The van der Waals surface area contributed by atoms with Gasteiger partial charge in [0.15, 0.2) is 0 Å². The van der Waals surface area contributed by atoms with Gasteiger partial charge in [-0.15, -0.1) is 0 Å². The van der Waals surface area contributed by atoms with E-state index in [0.29, 0.717) is 5.69 Å². The van der Waals surface area contributed by atoms with E-state index in [4.69, 9.17) is 0 Å². The van der Waals surface area contributed by atoms with E-state index >= 15 is 0 Å². The number of fused-ring (bicyclic) bond motifs is 5. The molecular weight excluding hydrogens is 509 g/mol. The van der Waals surface area contributed by atoms with E-state index in [9.17, 15) is 9.59 Å². The molecule has 1 saturated heterocycles. The minimum absolute atomic E-state index is 0.0513. The lowest BCUT2D eigenvalue weighted by Crippen LogP contribution is -2.33. The second-order valence-corrected chi connectivity index (χ2v) is 9.79. The number of amides is 2. The van der Waals surface area contributed by atoms with Crippen molar-refractivity contribution < 1.29 is 9.59 Å². The van der Waals surface area contributed by atoms with Gasteiger partial charge in [0, 0.05) is 15.4 Å². The summed E-state index contributed by atoms with van der Waals surface area (Å²) in [5.74, 6) is -0.900. The first kappa shape index (κ1) is 19.7. The number of carbonyl (C=O) groups excluding carboxylic acids is 2. The van der Waals surface area contributed by atoms with E-state index in [1.54, 1.807) is 0 Å². The Kier molecular flexibility index (Phi) is 4.65. The molecule has 4 atom stereocenters. The van der Waals surface area contributed by atoms with Gasteiger partial charge in [-0.05, 0) is 63.1 Å². The molecule has 0 radical (unpaired) electrons. The van der Waals surface area contributed by atoms with Gasteiger partial charge in [-0.2, -0.15) is 0 Å². The number of nitrogens with zero attached hydrogens (tertiary/aromatic N) is 1. The van der Waals surface area contributed by atoms with Gasteiger partial charge in [0.1, 0.15) is 0 Å². The summed E-state index contributed by atoms with van der Waals surface area (Å²) in [7, 11) is 0. The van der Waals surface area contributed by atoms with Crippen LogP contribution in [0.4, 0.5) is 5.69 Å². The number of anilines is 1. The van der Waals surface area contributed by atoms with Gasteiger partial charge in [0.2, 0.25) is 11.8 Å². The van der Waals surface area contributed by atoms with Crippen LogP contribution in [0.5, 0.6) is 0 Å². The van der Waals surface area contributed by atoms with E-state index < -0.39 is 0 Å². The Morgan fingerprint density at radius 3 is 1.72 bits per heavy atom. The molecule has 32 heavy (non-hydrogen) atoms. The molecule has 1 aliphatic heterocycles. The van der Waals surface area contributed by atoms with Gasteiger partial charge in [-0.1, -0.05) is 78.9 Å². The van der Waals surface area contributed by atoms with Gasteiger partial charge >= 0.3 is 0 Å². The topological polar surface area (TPSA) is 37.4 Å². The van der Waals surface area contributed by atoms with Crippen molar-refractivity contribution in [1.29, 1.82) is 0 Å². The molecule has 156 valence electrons. The number of carbonyl (C=O) groups is 2. The molecule has 2 amide bonds. The molecule has 2 bridgehead atoms. The van der Waals surface area contributed by atoms with Gasteiger partial charge in [0.25, 0.3) is 0 Å². The van der Waals surface area contributed by atoms with Crippen LogP contribution in [0.1, 0.15) is 11.1 Å². The van der Waals surface area contributed by atoms with Crippen molar-refractivity contribution >= 4 is 45.7 Å². The first-order valence-corrected chi connectivity index (χ1v) is 11.9. The third-order valence-electron chi connectivity index (χ3n) is 6.90. The van der Waals surface area contributed by atoms with Crippen LogP contribution in [-0.2, 0) is 9.59 Å². The van der Waals surface area contributed by atoms with Crippen molar-refractivity contribution in [1.82, 2.24) is 0 Å². The summed E-state index contributed by atoms with van der Waals surface area (Å²) in [5, 5.41) is 0.